The third kappa shape index (κ3) is 4.17. The van der Waals surface area contributed by atoms with Gasteiger partial charge in [0.2, 0.25) is 0 Å². The highest BCUT2D eigenvalue weighted by molar-refractivity contribution is 7.10. The molecule has 0 bridgehead atoms. The van der Waals surface area contributed by atoms with Crippen LogP contribution in [0.15, 0.2) is 41.8 Å². The Balaban J connectivity index is 1.99. The van der Waals surface area contributed by atoms with E-state index in [1.54, 1.807) is 11.3 Å². The number of aliphatic hydroxyl groups excluding tert-OH is 1. The summed E-state index contributed by atoms with van der Waals surface area (Å²) < 4.78 is 0. The van der Waals surface area contributed by atoms with Crippen molar-refractivity contribution in [2.75, 3.05) is 6.61 Å². The molecule has 3 nitrogen and oxygen atoms in total. The fourth-order valence-electron chi connectivity index (χ4n) is 2.12. The fourth-order valence-corrected chi connectivity index (χ4v) is 2.88. The van der Waals surface area contributed by atoms with E-state index in [0.29, 0.717) is 0 Å². The molecule has 2 aromatic rings. The average molecular weight is 286 g/mol. The van der Waals surface area contributed by atoms with Crippen LogP contribution in [0.25, 0.3) is 0 Å². The molecule has 0 amide bonds. The predicted molar refractivity (Wildman–Crippen MR) is 81.4 cm³/mol. The molecule has 104 valence electrons. The Morgan fingerprint density at radius 1 is 1.30 bits per heavy atom. The van der Waals surface area contributed by atoms with E-state index in [4.69, 9.17) is 10.4 Å². The van der Waals surface area contributed by atoms with Crippen molar-refractivity contribution in [2.24, 2.45) is 0 Å². The van der Waals surface area contributed by atoms with Crippen LogP contribution in [0.1, 0.15) is 34.9 Å². The highest BCUT2D eigenvalue weighted by Crippen LogP contribution is 2.20. The minimum Gasteiger partial charge on any atom is -0.396 e. The molecule has 1 aromatic carbocycles. The number of nitriles is 1. The molecule has 2 N–H and O–H groups in total. The van der Waals surface area contributed by atoms with Crippen LogP contribution in [0.3, 0.4) is 0 Å². The normalized spacial score (nSPS) is 12.0. The van der Waals surface area contributed by atoms with E-state index in [9.17, 15) is 0 Å². The van der Waals surface area contributed by atoms with Gasteiger partial charge in [-0.2, -0.15) is 5.26 Å². The molecular weight excluding hydrogens is 268 g/mol. The van der Waals surface area contributed by atoms with E-state index in [-0.39, 0.29) is 12.6 Å². The number of thiophene rings is 1. The van der Waals surface area contributed by atoms with Gasteiger partial charge in [0.05, 0.1) is 5.56 Å². The summed E-state index contributed by atoms with van der Waals surface area (Å²) in [4.78, 5) is 1.16. The van der Waals surface area contributed by atoms with E-state index in [2.05, 4.69) is 23.5 Å². The Kier molecular flexibility index (Phi) is 5.75. The van der Waals surface area contributed by atoms with E-state index in [0.717, 1.165) is 29.8 Å². The van der Waals surface area contributed by atoms with Crippen molar-refractivity contribution in [1.82, 2.24) is 5.32 Å². The van der Waals surface area contributed by atoms with Crippen LogP contribution in [-0.4, -0.2) is 11.7 Å². The van der Waals surface area contributed by atoms with E-state index in [1.165, 1.54) is 5.56 Å². The topological polar surface area (TPSA) is 56.0 Å². The van der Waals surface area contributed by atoms with Gasteiger partial charge in [-0.25, -0.2) is 0 Å². The maximum atomic E-state index is 9.02. The summed E-state index contributed by atoms with van der Waals surface area (Å²) in [6.45, 7) is 0.958. The van der Waals surface area contributed by atoms with Crippen molar-refractivity contribution in [2.45, 2.75) is 25.4 Å². The molecule has 4 heteroatoms. The highest BCUT2D eigenvalue weighted by Gasteiger charge is 2.10. The minimum absolute atomic E-state index is 0.211. The molecule has 0 fully saturated rings. The van der Waals surface area contributed by atoms with Gasteiger partial charge in [0.15, 0.2) is 0 Å². The van der Waals surface area contributed by atoms with Gasteiger partial charge in [-0.1, -0.05) is 30.3 Å². The molecule has 0 aliphatic rings. The monoisotopic (exact) mass is 286 g/mol. The number of nitrogens with zero attached hydrogens (tertiary/aromatic N) is 1. The van der Waals surface area contributed by atoms with Crippen LogP contribution in [0.2, 0.25) is 0 Å². The fraction of sp³-hybridized carbons (Fsp3) is 0.312. The second kappa shape index (κ2) is 7.81. The van der Waals surface area contributed by atoms with Crippen LogP contribution in [0.5, 0.6) is 0 Å². The smallest absolute Gasteiger partial charge is 0.100 e. The van der Waals surface area contributed by atoms with Gasteiger partial charge in [-0.3, -0.25) is 0 Å². The Bertz CT molecular complexity index is 559. The lowest BCUT2D eigenvalue weighted by atomic mass is 10.0. The zero-order valence-electron chi connectivity index (χ0n) is 11.2. The summed E-state index contributed by atoms with van der Waals surface area (Å²) in [6.07, 6.45) is 1.68. The van der Waals surface area contributed by atoms with Crippen LogP contribution in [-0.2, 0) is 6.54 Å². The number of rotatable bonds is 7. The number of hydrogen-bond donors (Lipinski definition) is 2. The van der Waals surface area contributed by atoms with Gasteiger partial charge in [-0.05, 0) is 24.5 Å². The summed E-state index contributed by atoms with van der Waals surface area (Å²) in [7, 11) is 0. The van der Waals surface area contributed by atoms with Gasteiger partial charge in [0.1, 0.15) is 6.07 Å². The van der Waals surface area contributed by atoms with Crippen molar-refractivity contribution >= 4 is 11.3 Å². The molecule has 2 rings (SSSR count). The van der Waals surface area contributed by atoms with Crippen LogP contribution in [0, 0.1) is 11.3 Å². The lowest BCUT2D eigenvalue weighted by Gasteiger charge is -2.18. The summed E-state index contributed by atoms with van der Waals surface area (Å²) in [5, 5.41) is 23.2. The first kappa shape index (κ1) is 14.7. The van der Waals surface area contributed by atoms with E-state index in [1.807, 2.05) is 29.6 Å². The Hall–Kier alpha value is -1.67. The zero-order valence-corrected chi connectivity index (χ0v) is 12.1. The van der Waals surface area contributed by atoms with E-state index >= 15 is 0 Å². The molecule has 0 spiro atoms. The molecule has 0 saturated carbocycles. The standard InChI is InChI=1S/C16H18N2OS/c17-10-13-9-15(20-12-13)11-18-16(7-4-8-19)14-5-2-1-3-6-14/h1-3,5-6,9,12,16,18-19H,4,7-8,11H2. The summed E-state index contributed by atoms with van der Waals surface area (Å²) in [5.74, 6) is 0. The highest BCUT2D eigenvalue weighted by atomic mass is 32.1. The van der Waals surface area contributed by atoms with Crippen molar-refractivity contribution in [3.8, 4) is 6.07 Å². The molecular formula is C16H18N2OS. The number of aliphatic hydroxyl groups is 1. The third-order valence-electron chi connectivity index (χ3n) is 3.16. The number of nitrogens with one attached hydrogen (secondary N) is 1. The lowest BCUT2D eigenvalue weighted by molar-refractivity contribution is 0.275. The first-order valence-corrected chi connectivity index (χ1v) is 7.58. The Morgan fingerprint density at radius 3 is 2.75 bits per heavy atom. The van der Waals surface area contributed by atoms with Crippen molar-refractivity contribution in [3.05, 3.63) is 57.8 Å². The summed E-state index contributed by atoms with van der Waals surface area (Å²) in [6, 6.07) is 14.6. The van der Waals surface area contributed by atoms with Gasteiger partial charge in [0, 0.05) is 29.5 Å². The van der Waals surface area contributed by atoms with Crippen molar-refractivity contribution in [3.63, 3.8) is 0 Å². The molecule has 1 atom stereocenters. The maximum absolute atomic E-state index is 9.02. The average Bonchev–Trinajstić information content (AvgIpc) is 2.96. The van der Waals surface area contributed by atoms with Crippen molar-refractivity contribution in [1.29, 1.82) is 5.26 Å². The van der Waals surface area contributed by atoms with Gasteiger partial charge in [-0.15, -0.1) is 11.3 Å². The predicted octanol–water partition coefficient (Wildman–Crippen LogP) is 3.22. The lowest BCUT2D eigenvalue weighted by Crippen LogP contribution is -2.20. The molecule has 1 heterocycles. The molecule has 0 aliphatic carbocycles. The Morgan fingerprint density at radius 2 is 2.10 bits per heavy atom. The first-order chi connectivity index (χ1) is 9.83. The number of benzene rings is 1. The molecule has 20 heavy (non-hydrogen) atoms. The third-order valence-corrected chi connectivity index (χ3v) is 4.10. The van der Waals surface area contributed by atoms with Gasteiger partial charge in [0.25, 0.3) is 0 Å². The maximum Gasteiger partial charge on any atom is 0.100 e. The molecule has 0 radical (unpaired) electrons. The SMILES string of the molecule is N#Cc1csc(CNC(CCCO)c2ccccc2)c1. The molecule has 0 saturated heterocycles. The molecule has 0 aliphatic heterocycles. The van der Waals surface area contributed by atoms with Crippen LogP contribution >= 0.6 is 11.3 Å². The minimum atomic E-state index is 0.211. The van der Waals surface area contributed by atoms with Crippen LogP contribution in [0.4, 0.5) is 0 Å². The summed E-state index contributed by atoms with van der Waals surface area (Å²) in [5.41, 5.74) is 1.96. The second-order valence-corrected chi connectivity index (χ2v) is 5.62. The largest absolute Gasteiger partial charge is 0.396 e. The van der Waals surface area contributed by atoms with Crippen LogP contribution < -0.4 is 5.32 Å². The second-order valence-electron chi connectivity index (χ2n) is 4.62. The quantitative estimate of drug-likeness (QED) is 0.821. The van der Waals surface area contributed by atoms with Gasteiger partial charge < -0.3 is 10.4 Å². The number of hydrogen-bond acceptors (Lipinski definition) is 4. The Labute approximate surface area is 123 Å². The summed E-state index contributed by atoms with van der Waals surface area (Å²) >= 11 is 1.60. The first-order valence-electron chi connectivity index (χ1n) is 6.70. The van der Waals surface area contributed by atoms with Crippen molar-refractivity contribution < 1.29 is 5.11 Å². The van der Waals surface area contributed by atoms with E-state index < -0.39 is 0 Å². The molecule has 1 aromatic heterocycles. The van der Waals surface area contributed by atoms with Gasteiger partial charge >= 0.3 is 0 Å². The zero-order chi connectivity index (χ0) is 14.2. The molecule has 1 unspecified atom stereocenters.